The maximum Gasteiger partial charge on any atom is 0.0462 e. The lowest BCUT2D eigenvalue weighted by molar-refractivity contribution is 0.334. The van der Waals surface area contributed by atoms with Gasteiger partial charge in [-0.2, -0.15) is 0 Å². The first kappa shape index (κ1) is 10.2. The van der Waals surface area contributed by atoms with E-state index in [1.54, 1.807) is 0 Å². The highest BCUT2D eigenvalue weighted by molar-refractivity contribution is 5.93. The van der Waals surface area contributed by atoms with E-state index < -0.39 is 0 Å². The first-order chi connectivity index (χ1) is 8.74. The summed E-state index contributed by atoms with van der Waals surface area (Å²) in [7, 11) is 2.19. The van der Waals surface area contributed by atoms with Crippen LogP contribution in [0.1, 0.15) is 11.1 Å². The number of aromatic nitrogens is 1. The van der Waals surface area contributed by atoms with Gasteiger partial charge in [0.15, 0.2) is 0 Å². The first-order valence-electron chi connectivity index (χ1n) is 6.43. The van der Waals surface area contributed by atoms with Crippen molar-refractivity contribution in [3.05, 3.63) is 53.2 Å². The Bertz CT molecular complexity index is 690. The molecule has 0 amide bonds. The number of benzene rings is 1. The fourth-order valence-corrected chi connectivity index (χ4v) is 3.38. The molecule has 2 heteroatoms. The number of likely N-dealkylation sites (tertiary alicyclic amines) is 1. The van der Waals surface area contributed by atoms with Crippen LogP contribution in [0.25, 0.3) is 17.0 Å². The molecule has 2 heterocycles. The van der Waals surface area contributed by atoms with Crippen molar-refractivity contribution in [2.75, 3.05) is 13.6 Å². The zero-order valence-corrected chi connectivity index (χ0v) is 10.5. The highest BCUT2D eigenvalue weighted by atomic mass is 15.2. The van der Waals surface area contributed by atoms with Gasteiger partial charge in [-0.15, -0.1) is 0 Å². The molecule has 4 rings (SSSR count). The summed E-state index contributed by atoms with van der Waals surface area (Å²) in [5.74, 6) is 0. The van der Waals surface area contributed by atoms with E-state index in [0.717, 1.165) is 13.0 Å². The predicted octanol–water partition coefficient (Wildman–Crippen LogP) is 2.98. The fraction of sp³-hybridized carbons (Fsp3) is 0.250. The van der Waals surface area contributed by atoms with Crippen molar-refractivity contribution in [2.45, 2.75) is 12.5 Å². The van der Waals surface area contributed by atoms with Crippen molar-refractivity contribution in [3.63, 3.8) is 0 Å². The third-order valence-electron chi connectivity index (χ3n) is 4.28. The number of hydrogen-bond donors (Lipinski definition) is 1. The molecule has 0 spiro atoms. The van der Waals surface area contributed by atoms with Crippen molar-refractivity contribution in [2.24, 2.45) is 0 Å². The molecule has 1 N–H and O–H groups in total. The molecule has 2 aliphatic rings. The molecule has 1 aromatic heterocycles. The fourth-order valence-electron chi connectivity index (χ4n) is 3.38. The summed E-state index contributed by atoms with van der Waals surface area (Å²) in [5.41, 5.74) is 6.69. The van der Waals surface area contributed by atoms with E-state index in [2.05, 4.69) is 54.0 Å². The highest BCUT2D eigenvalue weighted by Crippen LogP contribution is 2.37. The van der Waals surface area contributed by atoms with Crippen LogP contribution < -0.4 is 0 Å². The van der Waals surface area contributed by atoms with Crippen LogP contribution in [-0.2, 0) is 6.42 Å². The van der Waals surface area contributed by atoms with E-state index >= 15 is 0 Å². The van der Waals surface area contributed by atoms with Crippen LogP contribution in [0.3, 0.4) is 0 Å². The number of rotatable bonds is 0. The van der Waals surface area contributed by atoms with Gasteiger partial charge in [-0.3, -0.25) is 4.90 Å². The molecular weight excluding hydrogens is 220 g/mol. The average Bonchev–Trinajstić information content (AvgIpc) is 2.80. The Hall–Kier alpha value is -1.80. The van der Waals surface area contributed by atoms with Crippen LogP contribution in [0, 0.1) is 0 Å². The van der Waals surface area contributed by atoms with Crippen LogP contribution in [0.15, 0.2) is 42.1 Å². The number of nitrogens with zero attached hydrogens (tertiary/aromatic N) is 1. The van der Waals surface area contributed by atoms with E-state index in [4.69, 9.17) is 0 Å². The summed E-state index contributed by atoms with van der Waals surface area (Å²) in [5, 5.41) is 1.39. The van der Waals surface area contributed by atoms with E-state index in [-0.39, 0.29) is 0 Å². The van der Waals surface area contributed by atoms with Gasteiger partial charge in [0, 0.05) is 29.7 Å². The van der Waals surface area contributed by atoms with E-state index in [1.807, 2.05) is 0 Å². The van der Waals surface area contributed by atoms with Crippen LogP contribution in [0.4, 0.5) is 0 Å². The van der Waals surface area contributed by atoms with Crippen LogP contribution in [0.2, 0.25) is 0 Å². The predicted molar refractivity (Wildman–Crippen MR) is 75.5 cm³/mol. The molecule has 90 valence electrons. The highest BCUT2D eigenvalue weighted by Gasteiger charge is 2.31. The summed E-state index contributed by atoms with van der Waals surface area (Å²) >= 11 is 0. The molecule has 1 aromatic carbocycles. The second-order valence-corrected chi connectivity index (χ2v) is 5.42. The Kier molecular flexibility index (Phi) is 1.90. The number of fused-ring (bicyclic) bond motifs is 1. The molecule has 1 saturated heterocycles. The Morgan fingerprint density at radius 2 is 2.28 bits per heavy atom. The summed E-state index contributed by atoms with van der Waals surface area (Å²) in [6.07, 6.45) is 5.58. The third-order valence-corrected chi connectivity index (χ3v) is 4.28. The van der Waals surface area contributed by atoms with Gasteiger partial charge in [-0.25, -0.2) is 0 Å². The van der Waals surface area contributed by atoms with Crippen molar-refractivity contribution >= 4 is 17.0 Å². The average molecular weight is 236 g/mol. The van der Waals surface area contributed by atoms with Gasteiger partial charge in [0.2, 0.25) is 0 Å². The number of hydrogen-bond acceptors (Lipinski definition) is 1. The monoisotopic (exact) mass is 236 g/mol. The van der Waals surface area contributed by atoms with Gasteiger partial charge in [-0.05, 0) is 47.9 Å². The minimum atomic E-state index is 0.490. The Labute approximate surface area is 107 Å². The van der Waals surface area contributed by atoms with Gasteiger partial charge in [0.1, 0.15) is 0 Å². The van der Waals surface area contributed by atoms with E-state index in [1.165, 1.54) is 33.2 Å². The van der Waals surface area contributed by atoms with Gasteiger partial charge in [0.05, 0.1) is 0 Å². The lowest BCUT2D eigenvalue weighted by Gasteiger charge is -2.18. The third kappa shape index (κ3) is 1.21. The standard InChI is InChI=1S/C16H16N2/c1-10-9-18(2)15-7-12-8-17-14-5-3-4-11(16(12)14)6-13(10)15/h3-6,8,15,17H,1,7,9H2,2H3/t15-/m0/s1. The molecule has 18 heavy (non-hydrogen) atoms. The molecule has 0 bridgehead atoms. The molecular formula is C16H16N2. The molecule has 0 unspecified atom stereocenters. The summed E-state index contributed by atoms with van der Waals surface area (Å²) in [6, 6.07) is 6.97. The van der Waals surface area contributed by atoms with Gasteiger partial charge in [-0.1, -0.05) is 18.7 Å². The molecule has 1 aliphatic carbocycles. The molecule has 0 saturated carbocycles. The van der Waals surface area contributed by atoms with Crippen molar-refractivity contribution in [1.29, 1.82) is 0 Å². The van der Waals surface area contributed by atoms with Gasteiger partial charge >= 0.3 is 0 Å². The quantitative estimate of drug-likeness (QED) is 0.745. The zero-order valence-electron chi connectivity index (χ0n) is 10.5. The largest absolute Gasteiger partial charge is 0.361 e. The number of likely N-dealkylation sites (N-methyl/N-ethyl adjacent to an activating group) is 1. The Morgan fingerprint density at radius 1 is 1.39 bits per heavy atom. The van der Waals surface area contributed by atoms with E-state index in [9.17, 15) is 0 Å². The number of nitrogens with one attached hydrogen (secondary N) is 1. The first-order valence-corrected chi connectivity index (χ1v) is 6.43. The minimum absolute atomic E-state index is 0.490. The second-order valence-electron chi connectivity index (χ2n) is 5.42. The Balaban J connectivity index is 2.03. The van der Waals surface area contributed by atoms with Crippen molar-refractivity contribution in [3.8, 4) is 0 Å². The summed E-state index contributed by atoms with van der Waals surface area (Å²) < 4.78 is 0. The normalized spacial score (nSPS) is 23.1. The molecule has 2 nitrogen and oxygen atoms in total. The van der Waals surface area contributed by atoms with Crippen molar-refractivity contribution < 1.29 is 0 Å². The molecule has 0 radical (unpaired) electrons. The Morgan fingerprint density at radius 3 is 3.17 bits per heavy atom. The lowest BCUT2D eigenvalue weighted by atomic mass is 10.0. The number of aromatic amines is 1. The second kappa shape index (κ2) is 3.36. The zero-order chi connectivity index (χ0) is 12.3. The van der Waals surface area contributed by atoms with Crippen LogP contribution in [0.5, 0.6) is 0 Å². The van der Waals surface area contributed by atoms with Crippen molar-refractivity contribution in [1.82, 2.24) is 9.88 Å². The maximum atomic E-state index is 4.22. The molecule has 1 atom stereocenters. The number of H-pyrrole nitrogens is 1. The molecule has 1 aliphatic heterocycles. The molecule has 1 fully saturated rings. The summed E-state index contributed by atoms with van der Waals surface area (Å²) in [6.45, 7) is 5.22. The van der Waals surface area contributed by atoms with Crippen LogP contribution >= 0.6 is 0 Å². The molecule has 2 aromatic rings. The van der Waals surface area contributed by atoms with Gasteiger partial charge in [0.25, 0.3) is 0 Å². The maximum absolute atomic E-state index is 4.22. The van der Waals surface area contributed by atoms with E-state index in [0.29, 0.717) is 6.04 Å². The SMILES string of the molecule is C=C1CN(C)[C@H]2Cc3c[nH]c4cccc(c34)C=C12. The lowest BCUT2D eigenvalue weighted by Crippen LogP contribution is -2.27. The summed E-state index contributed by atoms with van der Waals surface area (Å²) in [4.78, 5) is 5.79. The minimum Gasteiger partial charge on any atom is -0.361 e. The van der Waals surface area contributed by atoms with Crippen LogP contribution in [-0.4, -0.2) is 29.5 Å². The van der Waals surface area contributed by atoms with Gasteiger partial charge < -0.3 is 4.98 Å². The smallest absolute Gasteiger partial charge is 0.0462 e. The topological polar surface area (TPSA) is 19.0 Å².